The van der Waals surface area contributed by atoms with Crippen molar-refractivity contribution in [3.63, 3.8) is 0 Å². The van der Waals surface area contributed by atoms with Crippen LogP contribution in [0, 0.1) is 5.82 Å². The predicted molar refractivity (Wildman–Crippen MR) is 61.6 cm³/mol. The number of aromatic nitrogens is 2. The molecule has 0 fully saturated rings. The molecule has 5 nitrogen and oxygen atoms in total. The van der Waals surface area contributed by atoms with Crippen LogP contribution in [0.5, 0.6) is 5.75 Å². The molecule has 0 aliphatic carbocycles. The van der Waals surface area contributed by atoms with Gasteiger partial charge in [-0.2, -0.15) is 4.98 Å². The van der Waals surface area contributed by atoms with Gasteiger partial charge in [0.25, 0.3) is 5.89 Å². The summed E-state index contributed by atoms with van der Waals surface area (Å²) in [5.41, 5.74) is 0.312. The lowest BCUT2D eigenvalue weighted by atomic mass is 10.2. The summed E-state index contributed by atoms with van der Waals surface area (Å²) in [5.74, 6) is -0.0940. The molecule has 0 spiro atoms. The van der Waals surface area contributed by atoms with Crippen LogP contribution in [-0.2, 0) is 11.2 Å². The third kappa shape index (κ3) is 2.84. The maximum atomic E-state index is 12.8. The second-order valence-electron chi connectivity index (χ2n) is 3.62. The lowest BCUT2D eigenvalue weighted by Crippen LogP contribution is -1.99. The molecule has 0 amide bonds. The van der Waals surface area contributed by atoms with Crippen molar-refractivity contribution in [3.05, 3.63) is 29.8 Å². The number of hydrogen-bond acceptors (Lipinski definition) is 5. The zero-order valence-corrected chi connectivity index (χ0v) is 9.89. The maximum absolute atomic E-state index is 12.8. The number of aromatic hydroxyl groups is 1. The first-order valence-electron chi connectivity index (χ1n) is 5.60. The minimum Gasteiger partial charge on any atom is -0.507 e. The zero-order valence-electron chi connectivity index (χ0n) is 9.89. The molecule has 2 aromatic rings. The highest BCUT2D eigenvalue weighted by atomic mass is 19.1. The van der Waals surface area contributed by atoms with Crippen LogP contribution in [-0.4, -0.2) is 28.5 Å². The molecule has 0 aliphatic rings. The summed E-state index contributed by atoms with van der Waals surface area (Å²) in [6.07, 6.45) is 0.527. The van der Waals surface area contributed by atoms with Crippen molar-refractivity contribution in [1.29, 1.82) is 0 Å². The number of rotatable bonds is 5. The molecule has 0 bridgehead atoms. The summed E-state index contributed by atoms with van der Waals surface area (Å²) in [5, 5.41) is 13.3. The van der Waals surface area contributed by atoms with E-state index in [1.165, 1.54) is 12.1 Å². The quantitative estimate of drug-likeness (QED) is 0.826. The van der Waals surface area contributed by atoms with E-state index in [1.807, 2.05) is 6.92 Å². The Labute approximate surface area is 103 Å². The normalized spacial score (nSPS) is 10.8. The average molecular weight is 252 g/mol. The second kappa shape index (κ2) is 5.59. The molecule has 0 saturated heterocycles. The minimum absolute atomic E-state index is 0.166. The van der Waals surface area contributed by atoms with E-state index < -0.39 is 5.82 Å². The largest absolute Gasteiger partial charge is 0.507 e. The van der Waals surface area contributed by atoms with E-state index in [-0.39, 0.29) is 11.6 Å². The summed E-state index contributed by atoms with van der Waals surface area (Å²) in [6, 6.07) is 3.61. The van der Waals surface area contributed by atoms with Gasteiger partial charge in [0.05, 0.1) is 12.2 Å². The SMILES string of the molecule is CCOCCc1noc(-c2ccc(F)cc2O)n1. The third-order valence-corrected chi connectivity index (χ3v) is 2.33. The van der Waals surface area contributed by atoms with Crippen molar-refractivity contribution >= 4 is 0 Å². The number of phenols is 1. The smallest absolute Gasteiger partial charge is 0.261 e. The van der Waals surface area contributed by atoms with E-state index in [0.717, 1.165) is 6.07 Å². The monoisotopic (exact) mass is 252 g/mol. The Kier molecular flexibility index (Phi) is 3.88. The molecule has 96 valence electrons. The van der Waals surface area contributed by atoms with Gasteiger partial charge in [0.2, 0.25) is 0 Å². The van der Waals surface area contributed by atoms with Crippen LogP contribution in [0.25, 0.3) is 11.5 Å². The van der Waals surface area contributed by atoms with Gasteiger partial charge in [-0.05, 0) is 19.1 Å². The van der Waals surface area contributed by atoms with E-state index >= 15 is 0 Å². The lowest BCUT2D eigenvalue weighted by molar-refractivity contribution is 0.149. The van der Waals surface area contributed by atoms with Gasteiger partial charge >= 0.3 is 0 Å². The molecule has 1 aromatic carbocycles. The summed E-state index contributed by atoms with van der Waals surface area (Å²) < 4.78 is 23.0. The number of ether oxygens (including phenoxy) is 1. The number of halogens is 1. The molecule has 0 unspecified atom stereocenters. The van der Waals surface area contributed by atoms with Gasteiger partial charge in [-0.1, -0.05) is 5.16 Å². The summed E-state index contributed by atoms with van der Waals surface area (Å²) in [4.78, 5) is 4.10. The first-order valence-corrected chi connectivity index (χ1v) is 5.60. The Bertz CT molecular complexity index is 528. The number of nitrogens with zero attached hydrogens (tertiary/aromatic N) is 2. The molecule has 1 N–H and O–H groups in total. The Morgan fingerprint density at radius 2 is 2.28 bits per heavy atom. The highest BCUT2D eigenvalue weighted by molar-refractivity contribution is 5.61. The van der Waals surface area contributed by atoms with Crippen molar-refractivity contribution in [2.45, 2.75) is 13.3 Å². The van der Waals surface area contributed by atoms with Crippen molar-refractivity contribution < 1.29 is 18.8 Å². The molecule has 0 saturated carbocycles. The zero-order chi connectivity index (χ0) is 13.0. The Hall–Kier alpha value is -1.95. The third-order valence-electron chi connectivity index (χ3n) is 2.33. The molecular weight excluding hydrogens is 239 g/mol. The van der Waals surface area contributed by atoms with E-state index in [0.29, 0.717) is 31.0 Å². The summed E-state index contributed by atoms with van der Waals surface area (Å²) in [7, 11) is 0. The standard InChI is InChI=1S/C12H13FN2O3/c1-2-17-6-5-11-14-12(18-15-11)9-4-3-8(13)7-10(9)16/h3-4,7,16H,2,5-6H2,1H3. The van der Waals surface area contributed by atoms with Crippen LogP contribution < -0.4 is 0 Å². The fourth-order valence-electron chi connectivity index (χ4n) is 1.46. The molecule has 1 heterocycles. The van der Waals surface area contributed by atoms with Gasteiger partial charge in [-0.25, -0.2) is 4.39 Å². The van der Waals surface area contributed by atoms with Crippen LogP contribution >= 0.6 is 0 Å². The van der Waals surface area contributed by atoms with Crippen LogP contribution in [0.15, 0.2) is 22.7 Å². The fraction of sp³-hybridized carbons (Fsp3) is 0.333. The first kappa shape index (κ1) is 12.5. The van der Waals surface area contributed by atoms with Crippen molar-refractivity contribution in [3.8, 4) is 17.2 Å². The molecule has 0 atom stereocenters. The van der Waals surface area contributed by atoms with Crippen LogP contribution in [0.4, 0.5) is 4.39 Å². The van der Waals surface area contributed by atoms with E-state index in [1.54, 1.807) is 0 Å². The topological polar surface area (TPSA) is 68.4 Å². The molecule has 2 rings (SSSR count). The number of hydrogen-bond donors (Lipinski definition) is 1. The molecule has 0 radical (unpaired) electrons. The minimum atomic E-state index is -0.521. The predicted octanol–water partition coefficient (Wildman–Crippen LogP) is 2.16. The fourth-order valence-corrected chi connectivity index (χ4v) is 1.46. The van der Waals surface area contributed by atoms with Crippen molar-refractivity contribution in [2.75, 3.05) is 13.2 Å². The van der Waals surface area contributed by atoms with E-state index in [9.17, 15) is 9.50 Å². The van der Waals surface area contributed by atoms with Gasteiger partial charge in [-0.3, -0.25) is 0 Å². The van der Waals surface area contributed by atoms with Gasteiger partial charge in [0, 0.05) is 19.1 Å². The molecule has 1 aromatic heterocycles. The molecule has 6 heteroatoms. The molecule has 18 heavy (non-hydrogen) atoms. The van der Waals surface area contributed by atoms with Gasteiger partial charge in [-0.15, -0.1) is 0 Å². The van der Waals surface area contributed by atoms with Crippen LogP contribution in [0.1, 0.15) is 12.7 Å². The number of phenolic OH excluding ortho intramolecular Hbond substituents is 1. The van der Waals surface area contributed by atoms with Gasteiger partial charge in [0.1, 0.15) is 11.6 Å². The Balaban J connectivity index is 2.13. The van der Waals surface area contributed by atoms with Crippen LogP contribution in [0.2, 0.25) is 0 Å². The average Bonchev–Trinajstić information content (AvgIpc) is 2.78. The van der Waals surface area contributed by atoms with Crippen molar-refractivity contribution in [1.82, 2.24) is 10.1 Å². The van der Waals surface area contributed by atoms with Gasteiger partial charge in [0.15, 0.2) is 5.82 Å². The highest BCUT2D eigenvalue weighted by Crippen LogP contribution is 2.28. The van der Waals surface area contributed by atoms with Crippen molar-refractivity contribution in [2.24, 2.45) is 0 Å². The van der Waals surface area contributed by atoms with E-state index in [4.69, 9.17) is 9.26 Å². The van der Waals surface area contributed by atoms with Crippen LogP contribution in [0.3, 0.4) is 0 Å². The number of benzene rings is 1. The summed E-state index contributed by atoms with van der Waals surface area (Å²) in [6.45, 7) is 3.03. The Morgan fingerprint density at radius 1 is 1.44 bits per heavy atom. The van der Waals surface area contributed by atoms with E-state index in [2.05, 4.69) is 10.1 Å². The lowest BCUT2D eigenvalue weighted by Gasteiger charge is -1.98. The molecular formula is C12H13FN2O3. The Morgan fingerprint density at radius 3 is 3.00 bits per heavy atom. The molecule has 0 aliphatic heterocycles. The van der Waals surface area contributed by atoms with Gasteiger partial charge < -0.3 is 14.4 Å². The second-order valence-corrected chi connectivity index (χ2v) is 3.62. The first-order chi connectivity index (χ1) is 8.70. The maximum Gasteiger partial charge on any atom is 0.261 e. The highest BCUT2D eigenvalue weighted by Gasteiger charge is 2.13. The summed E-state index contributed by atoms with van der Waals surface area (Å²) >= 11 is 0.